The molecule has 2 saturated heterocycles. The zero-order valence-corrected chi connectivity index (χ0v) is 19.1. The summed E-state index contributed by atoms with van der Waals surface area (Å²) >= 11 is 6.22. The monoisotopic (exact) mass is 441 g/mol. The Bertz CT molecular complexity index is 891. The molecule has 2 atom stereocenters. The lowest BCUT2D eigenvalue weighted by atomic mass is 10.1. The fourth-order valence-electron chi connectivity index (χ4n) is 4.51. The largest absolute Gasteiger partial charge is 0.495 e. The van der Waals surface area contributed by atoms with Crippen molar-refractivity contribution < 1.29 is 4.74 Å². The van der Waals surface area contributed by atoms with Crippen LogP contribution in [0.4, 0.5) is 11.4 Å². The van der Waals surface area contributed by atoms with Crippen molar-refractivity contribution in [2.45, 2.75) is 18.9 Å². The lowest BCUT2D eigenvalue weighted by Crippen LogP contribution is -2.46. The predicted molar refractivity (Wildman–Crippen MR) is 130 cm³/mol. The van der Waals surface area contributed by atoms with Gasteiger partial charge in [-0.05, 0) is 49.1 Å². The van der Waals surface area contributed by atoms with Gasteiger partial charge in [-0.25, -0.2) is 0 Å². The fourth-order valence-corrected chi connectivity index (χ4v) is 4.68. The van der Waals surface area contributed by atoms with Crippen molar-refractivity contribution in [2.24, 2.45) is 10.9 Å². The van der Waals surface area contributed by atoms with E-state index in [1.165, 1.54) is 12.1 Å². The average Bonchev–Trinajstić information content (AvgIpc) is 3.47. The van der Waals surface area contributed by atoms with E-state index in [0.717, 1.165) is 61.6 Å². The molecule has 2 fully saturated rings. The van der Waals surface area contributed by atoms with Crippen LogP contribution in [0.2, 0.25) is 5.02 Å². The molecule has 0 spiro atoms. The molecule has 2 heterocycles. The van der Waals surface area contributed by atoms with E-state index in [0.29, 0.717) is 12.0 Å². The first kappa shape index (κ1) is 21.6. The number of nitrogens with zero attached hydrogens (tertiary/aromatic N) is 3. The van der Waals surface area contributed by atoms with Crippen LogP contribution in [0.25, 0.3) is 0 Å². The molecule has 0 saturated carbocycles. The predicted octanol–water partition coefficient (Wildman–Crippen LogP) is 3.62. The summed E-state index contributed by atoms with van der Waals surface area (Å²) in [5.74, 6) is 2.36. The normalized spacial score (nSPS) is 21.5. The van der Waals surface area contributed by atoms with Gasteiger partial charge in [0.25, 0.3) is 0 Å². The van der Waals surface area contributed by atoms with Crippen LogP contribution in [-0.2, 0) is 0 Å². The van der Waals surface area contributed by atoms with E-state index in [2.05, 4.69) is 55.8 Å². The Kier molecular flexibility index (Phi) is 7.07. The smallest absolute Gasteiger partial charge is 0.191 e. The number of rotatable bonds is 6. The Morgan fingerprint density at radius 1 is 1.10 bits per heavy atom. The van der Waals surface area contributed by atoms with E-state index in [-0.39, 0.29) is 0 Å². The van der Waals surface area contributed by atoms with Gasteiger partial charge in [0.1, 0.15) is 5.75 Å². The number of anilines is 2. The first-order valence-corrected chi connectivity index (χ1v) is 11.4. The minimum Gasteiger partial charge on any atom is -0.495 e. The summed E-state index contributed by atoms with van der Waals surface area (Å²) in [6.45, 7) is 4.98. The molecule has 6 nitrogen and oxygen atoms in total. The van der Waals surface area contributed by atoms with Gasteiger partial charge in [-0.1, -0.05) is 29.8 Å². The summed E-state index contributed by atoms with van der Waals surface area (Å²) in [6.07, 6.45) is 2.24. The fraction of sp³-hybridized carbons (Fsp3) is 0.458. The number of ether oxygens (including phenoxy) is 1. The third-order valence-electron chi connectivity index (χ3n) is 6.20. The summed E-state index contributed by atoms with van der Waals surface area (Å²) in [6, 6.07) is 16.8. The van der Waals surface area contributed by atoms with Crippen molar-refractivity contribution in [2.75, 3.05) is 56.7 Å². The zero-order chi connectivity index (χ0) is 21.6. The number of hydrogen-bond acceptors (Lipinski definition) is 4. The molecule has 2 aliphatic rings. The zero-order valence-electron chi connectivity index (χ0n) is 18.4. The molecule has 2 unspecified atom stereocenters. The van der Waals surface area contributed by atoms with Gasteiger partial charge in [-0.2, -0.15) is 0 Å². The average molecular weight is 442 g/mol. The highest BCUT2D eigenvalue weighted by atomic mass is 35.5. The standard InChI is InChI=1S/C24H32ClN5O/c1-26-24(27-15-18-10-12-29(16-18)21-6-4-3-5-7-21)28-20-11-13-30(17-20)22-14-19(25)8-9-23(22)31-2/h3-9,14,18,20H,10-13,15-17H2,1-2H3,(H2,26,27,28). The third-order valence-corrected chi connectivity index (χ3v) is 6.43. The maximum atomic E-state index is 6.22. The molecule has 7 heteroatoms. The van der Waals surface area contributed by atoms with Gasteiger partial charge in [-0.15, -0.1) is 0 Å². The Hall–Kier alpha value is -2.60. The number of halogens is 1. The number of methoxy groups -OCH3 is 1. The number of benzene rings is 2. The van der Waals surface area contributed by atoms with Crippen LogP contribution in [0.15, 0.2) is 53.5 Å². The van der Waals surface area contributed by atoms with Gasteiger partial charge in [0, 0.05) is 56.5 Å². The van der Waals surface area contributed by atoms with Crippen LogP contribution >= 0.6 is 11.6 Å². The van der Waals surface area contributed by atoms with Gasteiger partial charge in [-0.3, -0.25) is 4.99 Å². The Morgan fingerprint density at radius 2 is 1.90 bits per heavy atom. The van der Waals surface area contributed by atoms with E-state index in [4.69, 9.17) is 16.3 Å². The van der Waals surface area contributed by atoms with Crippen molar-refractivity contribution >= 4 is 28.9 Å². The molecule has 0 aromatic heterocycles. The van der Waals surface area contributed by atoms with Gasteiger partial charge in [0.15, 0.2) is 5.96 Å². The van der Waals surface area contributed by atoms with Crippen molar-refractivity contribution in [3.05, 3.63) is 53.6 Å². The van der Waals surface area contributed by atoms with Gasteiger partial charge >= 0.3 is 0 Å². The summed E-state index contributed by atoms with van der Waals surface area (Å²) in [5.41, 5.74) is 2.37. The molecule has 0 bridgehead atoms. The second kappa shape index (κ2) is 10.1. The summed E-state index contributed by atoms with van der Waals surface area (Å²) in [7, 11) is 3.54. The van der Waals surface area contributed by atoms with Gasteiger partial charge in [0.2, 0.25) is 0 Å². The molecule has 2 aromatic rings. The van der Waals surface area contributed by atoms with Crippen molar-refractivity contribution in [3.8, 4) is 5.75 Å². The van der Waals surface area contributed by atoms with Crippen LogP contribution in [0, 0.1) is 5.92 Å². The van der Waals surface area contributed by atoms with Crippen LogP contribution in [0.1, 0.15) is 12.8 Å². The number of hydrogen-bond donors (Lipinski definition) is 2. The maximum absolute atomic E-state index is 6.22. The molecule has 31 heavy (non-hydrogen) atoms. The molecular formula is C24H32ClN5O. The molecule has 2 aliphatic heterocycles. The summed E-state index contributed by atoms with van der Waals surface area (Å²) in [4.78, 5) is 9.24. The van der Waals surface area contributed by atoms with Crippen molar-refractivity contribution in [3.63, 3.8) is 0 Å². The molecule has 2 aromatic carbocycles. The summed E-state index contributed by atoms with van der Waals surface area (Å²) in [5, 5.41) is 7.87. The van der Waals surface area contributed by atoms with E-state index >= 15 is 0 Å². The first-order valence-electron chi connectivity index (χ1n) is 11.0. The van der Waals surface area contributed by atoms with Crippen molar-refractivity contribution in [1.82, 2.24) is 10.6 Å². The van der Waals surface area contributed by atoms with Crippen LogP contribution in [0.3, 0.4) is 0 Å². The van der Waals surface area contributed by atoms with Crippen LogP contribution in [0.5, 0.6) is 5.75 Å². The molecular weight excluding hydrogens is 410 g/mol. The number of aliphatic imine (C=N–C) groups is 1. The molecule has 4 rings (SSSR count). The third kappa shape index (κ3) is 5.37. The lowest BCUT2D eigenvalue weighted by molar-refractivity contribution is 0.415. The minimum absolute atomic E-state index is 0.333. The van der Waals surface area contributed by atoms with Crippen LogP contribution in [-0.4, -0.2) is 58.9 Å². The molecule has 0 amide bonds. The van der Waals surface area contributed by atoms with Crippen LogP contribution < -0.4 is 25.2 Å². The Balaban J connectivity index is 1.26. The SMILES string of the molecule is CN=C(NCC1CCN(c2ccccc2)C1)NC1CCN(c2cc(Cl)ccc2OC)C1. The molecule has 0 aliphatic carbocycles. The highest BCUT2D eigenvalue weighted by Gasteiger charge is 2.27. The van der Waals surface area contributed by atoms with Gasteiger partial charge in [0.05, 0.1) is 12.8 Å². The number of nitrogens with one attached hydrogen (secondary N) is 2. The second-order valence-corrected chi connectivity index (χ2v) is 8.72. The highest BCUT2D eigenvalue weighted by molar-refractivity contribution is 6.30. The Labute approximate surface area is 190 Å². The molecule has 2 N–H and O–H groups in total. The topological polar surface area (TPSA) is 52.1 Å². The Morgan fingerprint density at radius 3 is 2.68 bits per heavy atom. The van der Waals surface area contributed by atoms with E-state index in [1.807, 2.05) is 25.2 Å². The minimum atomic E-state index is 0.333. The maximum Gasteiger partial charge on any atom is 0.191 e. The summed E-state index contributed by atoms with van der Waals surface area (Å²) < 4.78 is 5.53. The number of para-hydroxylation sites is 1. The van der Waals surface area contributed by atoms with E-state index < -0.39 is 0 Å². The molecule has 166 valence electrons. The van der Waals surface area contributed by atoms with E-state index in [9.17, 15) is 0 Å². The molecule has 0 radical (unpaired) electrons. The highest BCUT2D eigenvalue weighted by Crippen LogP contribution is 2.33. The lowest BCUT2D eigenvalue weighted by Gasteiger charge is -2.23. The quantitative estimate of drug-likeness (QED) is 0.529. The van der Waals surface area contributed by atoms with Gasteiger partial charge < -0.3 is 25.2 Å². The first-order chi connectivity index (χ1) is 15.2. The van der Waals surface area contributed by atoms with E-state index in [1.54, 1.807) is 7.11 Å². The second-order valence-electron chi connectivity index (χ2n) is 8.28. The van der Waals surface area contributed by atoms with Crippen molar-refractivity contribution in [1.29, 1.82) is 0 Å². The number of guanidine groups is 1.